The van der Waals surface area contributed by atoms with Gasteiger partial charge in [0.15, 0.2) is 0 Å². The van der Waals surface area contributed by atoms with Gasteiger partial charge in [-0.3, -0.25) is 4.90 Å². The fraction of sp³-hybridized carbons (Fsp3) is 0.571. The zero-order valence-corrected chi connectivity index (χ0v) is 10.2. The molecule has 0 aliphatic carbocycles. The molecule has 2 unspecified atom stereocenters. The van der Waals surface area contributed by atoms with Gasteiger partial charge in [0.05, 0.1) is 0 Å². The Labute approximate surface area is 98.2 Å². The maximum atomic E-state index is 5.71. The summed E-state index contributed by atoms with van der Waals surface area (Å²) < 4.78 is 5.71. The molecule has 2 heteroatoms. The molecule has 0 aromatic heterocycles. The van der Waals surface area contributed by atoms with Crippen LogP contribution in [0.15, 0.2) is 30.3 Å². The van der Waals surface area contributed by atoms with Gasteiger partial charge in [0.25, 0.3) is 0 Å². The lowest BCUT2D eigenvalue weighted by molar-refractivity contribution is 0.194. The van der Waals surface area contributed by atoms with E-state index in [4.69, 9.17) is 4.74 Å². The molecule has 0 spiro atoms. The predicted octanol–water partition coefficient (Wildman–Crippen LogP) is 2.80. The van der Waals surface area contributed by atoms with Gasteiger partial charge >= 0.3 is 0 Å². The first kappa shape index (κ1) is 11.5. The van der Waals surface area contributed by atoms with E-state index in [2.05, 4.69) is 18.7 Å². The predicted molar refractivity (Wildman–Crippen MR) is 66.8 cm³/mol. The van der Waals surface area contributed by atoms with E-state index in [1.165, 1.54) is 13.0 Å². The minimum absolute atomic E-state index is 0.708. The maximum absolute atomic E-state index is 5.71. The van der Waals surface area contributed by atoms with Crippen molar-refractivity contribution in [2.45, 2.75) is 26.3 Å². The van der Waals surface area contributed by atoms with Crippen molar-refractivity contribution in [1.29, 1.82) is 0 Å². The summed E-state index contributed by atoms with van der Waals surface area (Å²) in [5.41, 5.74) is 0. The molecule has 1 aliphatic heterocycles. The minimum Gasteiger partial charge on any atom is -0.492 e. The van der Waals surface area contributed by atoms with Crippen molar-refractivity contribution in [3.8, 4) is 5.75 Å². The highest BCUT2D eigenvalue weighted by atomic mass is 16.5. The first-order valence-electron chi connectivity index (χ1n) is 6.19. The molecular formula is C14H21NO. The molecule has 1 heterocycles. The lowest BCUT2D eigenvalue weighted by Crippen LogP contribution is -2.33. The minimum atomic E-state index is 0.708. The number of hydrogen-bond donors (Lipinski definition) is 0. The van der Waals surface area contributed by atoms with Crippen molar-refractivity contribution in [2.75, 3.05) is 19.7 Å². The van der Waals surface area contributed by atoms with Gasteiger partial charge in [-0.1, -0.05) is 25.1 Å². The topological polar surface area (TPSA) is 12.5 Å². The number of rotatable bonds is 4. The fourth-order valence-corrected chi connectivity index (χ4v) is 2.29. The molecular weight excluding hydrogens is 198 g/mol. The van der Waals surface area contributed by atoms with Crippen LogP contribution < -0.4 is 4.74 Å². The maximum Gasteiger partial charge on any atom is 0.119 e. The van der Waals surface area contributed by atoms with Gasteiger partial charge in [-0.15, -0.1) is 0 Å². The second-order valence-electron chi connectivity index (χ2n) is 4.70. The van der Waals surface area contributed by atoms with Crippen molar-refractivity contribution < 1.29 is 4.74 Å². The number of nitrogens with zero attached hydrogens (tertiary/aromatic N) is 1. The van der Waals surface area contributed by atoms with Crippen LogP contribution in [0.4, 0.5) is 0 Å². The summed E-state index contributed by atoms with van der Waals surface area (Å²) >= 11 is 0. The van der Waals surface area contributed by atoms with E-state index in [0.717, 1.165) is 24.8 Å². The molecule has 16 heavy (non-hydrogen) atoms. The van der Waals surface area contributed by atoms with Crippen LogP contribution in [0.5, 0.6) is 5.75 Å². The Morgan fingerprint density at radius 3 is 2.62 bits per heavy atom. The Morgan fingerprint density at radius 2 is 2.00 bits per heavy atom. The van der Waals surface area contributed by atoms with Crippen molar-refractivity contribution in [3.63, 3.8) is 0 Å². The lowest BCUT2D eigenvalue weighted by atomic mass is 10.1. The first-order chi connectivity index (χ1) is 7.77. The first-order valence-corrected chi connectivity index (χ1v) is 6.19. The molecule has 1 fully saturated rings. The van der Waals surface area contributed by atoms with E-state index in [1.807, 2.05) is 30.3 Å². The molecule has 88 valence electrons. The van der Waals surface area contributed by atoms with E-state index in [0.29, 0.717) is 6.04 Å². The monoisotopic (exact) mass is 219 g/mol. The second kappa shape index (κ2) is 5.35. The highest BCUT2D eigenvalue weighted by molar-refractivity contribution is 5.20. The Kier molecular flexibility index (Phi) is 3.83. The summed E-state index contributed by atoms with van der Waals surface area (Å²) in [6, 6.07) is 10.8. The third kappa shape index (κ3) is 2.76. The Bertz CT molecular complexity index is 312. The SMILES string of the molecule is CC1CCN(CCOc2ccccc2)C1C. The molecule has 1 aliphatic rings. The molecule has 1 aromatic carbocycles. The molecule has 2 rings (SSSR count). The summed E-state index contributed by atoms with van der Waals surface area (Å²) in [5, 5.41) is 0. The molecule has 0 radical (unpaired) electrons. The van der Waals surface area contributed by atoms with E-state index in [9.17, 15) is 0 Å². The highest BCUT2D eigenvalue weighted by Gasteiger charge is 2.26. The van der Waals surface area contributed by atoms with E-state index in [-0.39, 0.29) is 0 Å². The van der Waals surface area contributed by atoms with Crippen LogP contribution in [-0.4, -0.2) is 30.6 Å². The fourth-order valence-electron chi connectivity index (χ4n) is 2.29. The zero-order valence-electron chi connectivity index (χ0n) is 10.2. The second-order valence-corrected chi connectivity index (χ2v) is 4.70. The zero-order chi connectivity index (χ0) is 11.4. The quantitative estimate of drug-likeness (QED) is 0.772. The van der Waals surface area contributed by atoms with Gasteiger partial charge in [0.2, 0.25) is 0 Å². The average molecular weight is 219 g/mol. The van der Waals surface area contributed by atoms with E-state index in [1.54, 1.807) is 0 Å². The summed E-state index contributed by atoms with van der Waals surface area (Å²) in [7, 11) is 0. The normalized spacial score (nSPS) is 25.9. The molecule has 1 saturated heterocycles. The lowest BCUT2D eigenvalue weighted by Gasteiger charge is -2.22. The largest absolute Gasteiger partial charge is 0.492 e. The van der Waals surface area contributed by atoms with Crippen molar-refractivity contribution in [2.24, 2.45) is 5.92 Å². The molecule has 2 atom stereocenters. The smallest absolute Gasteiger partial charge is 0.119 e. The third-order valence-corrected chi connectivity index (χ3v) is 3.66. The van der Waals surface area contributed by atoms with Crippen LogP contribution in [0.1, 0.15) is 20.3 Å². The summed E-state index contributed by atoms with van der Waals surface area (Å²) in [4.78, 5) is 2.52. The van der Waals surface area contributed by atoms with Gasteiger partial charge < -0.3 is 4.74 Å². The molecule has 1 aromatic rings. The number of hydrogen-bond acceptors (Lipinski definition) is 2. The molecule has 2 nitrogen and oxygen atoms in total. The Balaban J connectivity index is 1.73. The summed E-state index contributed by atoms with van der Waals surface area (Å²) in [5.74, 6) is 1.80. The van der Waals surface area contributed by atoms with Crippen LogP contribution in [0.2, 0.25) is 0 Å². The van der Waals surface area contributed by atoms with E-state index < -0.39 is 0 Å². The van der Waals surface area contributed by atoms with Crippen LogP contribution in [0, 0.1) is 5.92 Å². The average Bonchev–Trinajstić information content (AvgIpc) is 2.62. The summed E-state index contributed by atoms with van der Waals surface area (Å²) in [6.07, 6.45) is 1.33. The van der Waals surface area contributed by atoms with Crippen LogP contribution in [-0.2, 0) is 0 Å². The number of para-hydroxylation sites is 1. The Hall–Kier alpha value is -1.02. The standard InChI is InChI=1S/C14H21NO/c1-12-8-9-15(13(12)2)10-11-16-14-6-4-3-5-7-14/h3-7,12-13H,8-11H2,1-2H3. The number of benzene rings is 1. The van der Waals surface area contributed by atoms with Crippen molar-refractivity contribution >= 4 is 0 Å². The van der Waals surface area contributed by atoms with Gasteiger partial charge in [0.1, 0.15) is 12.4 Å². The highest BCUT2D eigenvalue weighted by Crippen LogP contribution is 2.22. The number of ether oxygens (including phenoxy) is 1. The van der Waals surface area contributed by atoms with Gasteiger partial charge in [0, 0.05) is 12.6 Å². The van der Waals surface area contributed by atoms with Crippen LogP contribution in [0.25, 0.3) is 0 Å². The Morgan fingerprint density at radius 1 is 1.25 bits per heavy atom. The molecule has 0 saturated carbocycles. The van der Waals surface area contributed by atoms with E-state index >= 15 is 0 Å². The number of likely N-dealkylation sites (tertiary alicyclic amines) is 1. The van der Waals surface area contributed by atoms with Crippen molar-refractivity contribution in [1.82, 2.24) is 4.90 Å². The molecule has 0 amide bonds. The van der Waals surface area contributed by atoms with Crippen LogP contribution >= 0.6 is 0 Å². The van der Waals surface area contributed by atoms with Gasteiger partial charge in [-0.2, -0.15) is 0 Å². The van der Waals surface area contributed by atoms with Crippen molar-refractivity contribution in [3.05, 3.63) is 30.3 Å². The van der Waals surface area contributed by atoms with Gasteiger partial charge in [-0.25, -0.2) is 0 Å². The summed E-state index contributed by atoms with van der Waals surface area (Å²) in [6.45, 7) is 7.71. The van der Waals surface area contributed by atoms with Crippen LogP contribution in [0.3, 0.4) is 0 Å². The molecule has 0 N–H and O–H groups in total. The third-order valence-electron chi connectivity index (χ3n) is 3.66. The molecule has 0 bridgehead atoms. The van der Waals surface area contributed by atoms with Gasteiger partial charge in [-0.05, 0) is 37.9 Å².